The van der Waals surface area contributed by atoms with Crippen molar-refractivity contribution < 1.29 is 19.1 Å². The van der Waals surface area contributed by atoms with Crippen LogP contribution in [0.1, 0.15) is 101 Å². The molecule has 2 aliphatic carbocycles. The van der Waals surface area contributed by atoms with Gasteiger partial charge in [0.1, 0.15) is 11.5 Å². The van der Waals surface area contributed by atoms with E-state index in [1.54, 1.807) is 14.2 Å². The van der Waals surface area contributed by atoms with Crippen molar-refractivity contribution in [2.45, 2.75) is 102 Å². The Morgan fingerprint density at radius 1 is 0.976 bits per heavy atom. The van der Waals surface area contributed by atoms with E-state index >= 15 is 0 Å². The molecule has 2 saturated carbocycles. The highest BCUT2D eigenvalue weighted by Gasteiger charge is 2.31. The first-order valence-electron chi connectivity index (χ1n) is 16.1. The van der Waals surface area contributed by atoms with E-state index in [-0.39, 0.29) is 36.4 Å². The number of carbonyl (C=O) groups excluding carboxylic acids is 2. The summed E-state index contributed by atoms with van der Waals surface area (Å²) in [6.07, 6.45) is 12.5. The summed E-state index contributed by atoms with van der Waals surface area (Å²) in [5, 5.41) is 11.3. The number of rotatable bonds is 12. The van der Waals surface area contributed by atoms with Gasteiger partial charge in [0.2, 0.25) is 5.91 Å². The summed E-state index contributed by atoms with van der Waals surface area (Å²) in [5.41, 5.74) is 1.98. The normalized spacial score (nSPS) is 22.2. The fourth-order valence-electron chi connectivity index (χ4n) is 6.78. The Morgan fingerprint density at radius 3 is 2.33 bits per heavy atom. The number of carbonyl (C=O) groups is 2. The van der Waals surface area contributed by atoms with Gasteiger partial charge >= 0.3 is 0 Å². The van der Waals surface area contributed by atoms with Crippen LogP contribution in [-0.2, 0) is 4.79 Å². The Bertz CT molecular complexity index is 1180. The number of hydrogen-bond donors (Lipinski definition) is 2. The first kappa shape index (κ1) is 30.4. The maximum Gasteiger partial charge on any atom is 0.272 e. The topological polar surface area (TPSA) is 97.7 Å². The molecular weight excluding hydrogens is 530 g/mol. The number of piperidine rings is 1. The van der Waals surface area contributed by atoms with E-state index in [1.807, 2.05) is 28.9 Å². The number of amides is 2. The average Bonchev–Trinajstić information content (AvgIpc) is 3.43. The maximum absolute atomic E-state index is 13.9. The number of ether oxygens (including phenoxy) is 2. The van der Waals surface area contributed by atoms with E-state index in [4.69, 9.17) is 14.6 Å². The predicted octanol–water partition coefficient (Wildman–Crippen LogP) is 5.35. The highest BCUT2D eigenvalue weighted by Crippen LogP contribution is 2.42. The molecule has 2 N–H and O–H groups in total. The summed E-state index contributed by atoms with van der Waals surface area (Å²) in [5.74, 6) is 1.56. The van der Waals surface area contributed by atoms with E-state index in [1.165, 1.54) is 32.1 Å². The van der Waals surface area contributed by atoms with Gasteiger partial charge in [0.05, 0.1) is 31.5 Å². The molecule has 42 heavy (non-hydrogen) atoms. The van der Waals surface area contributed by atoms with Crippen LogP contribution in [0.2, 0.25) is 0 Å². The molecule has 3 atom stereocenters. The summed E-state index contributed by atoms with van der Waals surface area (Å²) in [7, 11) is 3.30. The van der Waals surface area contributed by atoms with Gasteiger partial charge in [-0.05, 0) is 88.6 Å². The lowest BCUT2D eigenvalue weighted by Gasteiger charge is -2.30. The van der Waals surface area contributed by atoms with Gasteiger partial charge < -0.3 is 25.0 Å². The van der Waals surface area contributed by atoms with Gasteiger partial charge in [-0.25, -0.2) is 0 Å². The van der Waals surface area contributed by atoms with Gasteiger partial charge in [-0.3, -0.25) is 14.3 Å². The first-order valence-corrected chi connectivity index (χ1v) is 16.1. The molecule has 9 heteroatoms. The van der Waals surface area contributed by atoms with E-state index in [2.05, 4.69) is 22.5 Å². The molecule has 9 nitrogen and oxygen atoms in total. The number of likely N-dealkylation sites (tertiary alicyclic amines) is 1. The largest absolute Gasteiger partial charge is 0.496 e. The van der Waals surface area contributed by atoms with E-state index in [0.29, 0.717) is 23.1 Å². The molecule has 0 bridgehead atoms. The van der Waals surface area contributed by atoms with Crippen LogP contribution in [-0.4, -0.2) is 72.4 Å². The molecule has 230 valence electrons. The Labute approximate surface area is 250 Å². The third kappa shape index (κ3) is 7.28. The van der Waals surface area contributed by atoms with Gasteiger partial charge in [0.25, 0.3) is 5.91 Å². The zero-order valence-corrected chi connectivity index (χ0v) is 25.7. The van der Waals surface area contributed by atoms with Gasteiger partial charge in [0.15, 0.2) is 5.69 Å². The van der Waals surface area contributed by atoms with Gasteiger partial charge in [-0.2, -0.15) is 5.10 Å². The summed E-state index contributed by atoms with van der Waals surface area (Å²) in [6.45, 7) is 5.32. The number of methoxy groups -OCH3 is 2. The lowest BCUT2D eigenvalue weighted by Crippen LogP contribution is -2.45. The molecule has 3 fully saturated rings. The van der Waals surface area contributed by atoms with Crippen LogP contribution in [0.3, 0.4) is 0 Å². The standard InChI is InChI=1S/C33H49N5O4/c1-23-11-5-6-14-27(23)38-28(32-29(41-2)15-10-16-30(32)42-3)22-26(36-38)33(40)35-25(17-20-37-18-7-4-8-19-37)21-31(39)34-24-12-9-13-24/h10,15-16,22-25,27H,4-9,11-14,17-21H2,1-3H3,(H,34,39)(H,35,40). The Balaban J connectivity index is 1.41. The predicted molar refractivity (Wildman–Crippen MR) is 164 cm³/mol. The molecule has 1 aliphatic heterocycles. The molecule has 3 aliphatic rings. The second-order valence-electron chi connectivity index (χ2n) is 12.5. The van der Waals surface area contributed by atoms with Crippen LogP contribution in [0.4, 0.5) is 0 Å². The van der Waals surface area contributed by atoms with Crippen LogP contribution in [0, 0.1) is 5.92 Å². The van der Waals surface area contributed by atoms with E-state index in [0.717, 1.165) is 69.4 Å². The van der Waals surface area contributed by atoms with Crippen molar-refractivity contribution in [1.29, 1.82) is 0 Å². The smallest absolute Gasteiger partial charge is 0.272 e. The third-order valence-electron chi connectivity index (χ3n) is 9.51. The fraction of sp³-hybridized carbons (Fsp3) is 0.667. The first-order chi connectivity index (χ1) is 20.5. The number of nitrogens with zero attached hydrogens (tertiary/aromatic N) is 3. The zero-order chi connectivity index (χ0) is 29.5. The van der Waals surface area contributed by atoms with Crippen molar-refractivity contribution in [1.82, 2.24) is 25.3 Å². The van der Waals surface area contributed by atoms with Crippen LogP contribution < -0.4 is 20.1 Å². The van der Waals surface area contributed by atoms with Crippen molar-refractivity contribution >= 4 is 11.8 Å². The van der Waals surface area contributed by atoms with Crippen LogP contribution in [0.5, 0.6) is 11.5 Å². The molecular formula is C33H49N5O4. The van der Waals surface area contributed by atoms with Gasteiger partial charge in [-0.1, -0.05) is 32.3 Å². The summed E-state index contributed by atoms with van der Waals surface area (Å²) < 4.78 is 13.5. The Morgan fingerprint density at radius 2 is 1.69 bits per heavy atom. The fourth-order valence-corrected chi connectivity index (χ4v) is 6.78. The van der Waals surface area contributed by atoms with Crippen molar-refractivity contribution in [2.75, 3.05) is 33.9 Å². The highest BCUT2D eigenvalue weighted by atomic mass is 16.5. The highest BCUT2D eigenvalue weighted by molar-refractivity contribution is 5.94. The summed E-state index contributed by atoms with van der Waals surface area (Å²) in [6, 6.07) is 7.79. The minimum Gasteiger partial charge on any atom is -0.496 e. The molecule has 1 aromatic carbocycles. The maximum atomic E-state index is 13.9. The average molecular weight is 580 g/mol. The lowest BCUT2D eigenvalue weighted by atomic mass is 9.86. The van der Waals surface area contributed by atoms with Crippen LogP contribution >= 0.6 is 0 Å². The monoisotopic (exact) mass is 579 g/mol. The minimum absolute atomic E-state index is 0.0182. The molecule has 3 unspecified atom stereocenters. The van der Waals surface area contributed by atoms with E-state index < -0.39 is 0 Å². The van der Waals surface area contributed by atoms with Gasteiger partial charge in [-0.15, -0.1) is 0 Å². The summed E-state index contributed by atoms with van der Waals surface area (Å²) >= 11 is 0. The molecule has 0 spiro atoms. The van der Waals surface area contributed by atoms with Crippen molar-refractivity contribution in [3.8, 4) is 22.8 Å². The molecule has 2 aromatic rings. The molecule has 2 amide bonds. The number of benzene rings is 1. The van der Waals surface area contributed by atoms with Crippen molar-refractivity contribution in [3.63, 3.8) is 0 Å². The minimum atomic E-state index is -0.262. The summed E-state index contributed by atoms with van der Waals surface area (Å²) in [4.78, 5) is 29.2. The quantitative estimate of drug-likeness (QED) is 0.352. The van der Waals surface area contributed by atoms with Crippen LogP contribution in [0.15, 0.2) is 24.3 Å². The SMILES string of the molecule is COc1cccc(OC)c1-c1cc(C(=O)NC(CCN2CCCCC2)CC(=O)NC2CCC2)nn1C1CCCCC1C. The second-order valence-corrected chi connectivity index (χ2v) is 12.5. The van der Waals surface area contributed by atoms with Crippen LogP contribution in [0.25, 0.3) is 11.3 Å². The second kappa shape index (κ2) is 14.4. The Hall–Kier alpha value is -3.07. The molecule has 1 saturated heterocycles. The number of aromatic nitrogens is 2. The van der Waals surface area contributed by atoms with Crippen molar-refractivity contribution in [2.24, 2.45) is 5.92 Å². The molecule has 0 radical (unpaired) electrons. The molecule has 5 rings (SSSR count). The number of nitrogens with one attached hydrogen (secondary N) is 2. The molecule has 2 heterocycles. The number of hydrogen-bond acceptors (Lipinski definition) is 6. The lowest BCUT2D eigenvalue weighted by molar-refractivity contribution is -0.122. The third-order valence-corrected chi connectivity index (χ3v) is 9.51. The molecule has 1 aromatic heterocycles. The van der Waals surface area contributed by atoms with Gasteiger partial charge in [0, 0.05) is 25.0 Å². The zero-order valence-electron chi connectivity index (χ0n) is 25.7. The van der Waals surface area contributed by atoms with E-state index in [9.17, 15) is 9.59 Å². The van der Waals surface area contributed by atoms with Crippen molar-refractivity contribution in [3.05, 3.63) is 30.0 Å². The Kier molecular flexibility index (Phi) is 10.4.